The lowest BCUT2D eigenvalue weighted by atomic mass is 9.89. The van der Waals surface area contributed by atoms with Gasteiger partial charge in [0.05, 0.1) is 5.92 Å². The molecule has 6 heteroatoms. The van der Waals surface area contributed by atoms with E-state index < -0.39 is 5.97 Å². The zero-order valence-electron chi connectivity index (χ0n) is 10.9. The molecule has 3 atom stereocenters. The molecule has 0 aromatic heterocycles. The fraction of sp³-hybridized carbons (Fsp3) is 0.833. The summed E-state index contributed by atoms with van der Waals surface area (Å²) in [5, 5.41) is 12.0. The molecule has 0 aromatic rings. The van der Waals surface area contributed by atoms with Gasteiger partial charge in [0, 0.05) is 25.2 Å². The third kappa shape index (κ3) is 2.43. The number of aliphatic carboxylic acids is 1. The Morgan fingerprint density at radius 3 is 2.67 bits per heavy atom. The van der Waals surface area contributed by atoms with Crippen molar-refractivity contribution in [2.24, 2.45) is 5.92 Å². The summed E-state index contributed by atoms with van der Waals surface area (Å²) in [6.07, 6.45) is 2.37. The topological polar surface area (TPSA) is 72.9 Å². The van der Waals surface area contributed by atoms with Gasteiger partial charge in [0.2, 0.25) is 0 Å². The average molecular weight is 255 g/mol. The van der Waals surface area contributed by atoms with E-state index in [4.69, 9.17) is 5.11 Å². The van der Waals surface area contributed by atoms with Crippen molar-refractivity contribution in [3.05, 3.63) is 0 Å². The first-order chi connectivity index (χ1) is 8.50. The standard InChI is InChI=1S/C12H21N3O3/c1-14(2)6-5-13-12(18)15-8-3-4-10(15)9(7-8)11(16)17/h8-10H,3-7H2,1-2H3,(H,13,18)(H,16,17). The van der Waals surface area contributed by atoms with Gasteiger partial charge < -0.3 is 20.2 Å². The number of likely N-dealkylation sites (N-methyl/N-ethyl adjacent to an activating group) is 1. The molecule has 6 nitrogen and oxygen atoms in total. The van der Waals surface area contributed by atoms with E-state index in [9.17, 15) is 9.59 Å². The average Bonchev–Trinajstić information content (AvgIpc) is 2.85. The normalized spacial score (nSPS) is 29.9. The number of hydrogen-bond donors (Lipinski definition) is 2. The molecule has 2 aliphatic rings. The Morgan fingerprint density at radius 1 is 1.39 bits per heavy atom. The number of carbonyl (C=O) groups excluding carboxylic acids is 1. The molecular weight excluding hydrogens is 234 g/mol. The molecule has 18 heavy (non-hydrogen) atoms. The molecule has 3 unspecified atom stereocenters. The van der Waals surface area contributed by atoms with Crippen LogP contribution in [0.15, 0.2) is 0 Å². The van der Waals surface area contributed by atoms with Crippen LogP contribution in [0.4, 0.5) is 4.79 Å². The van der Waals surface area contributed by atoms with E-state index in [0.717, 1.165) is 19.4 Å². The molecule has 2 bridgehead atoms. The van der Waals surface area contributed by atoms with Crippen LogP contribution in [0.5, 0.6) is 0 Å². The van der Waals surface area contributed by atoms with Crippen molar-refractivity contribution in [3.63, 3.8) is 0 Å². The van der Waals surface area contributed by atoms with Gasteiger partial charge in [-0.2, -0.15) is 0 Å². The molecule has 2 heterocycles. The first kappa shape index (κ1) is 13.1. The van der Waals surface area contributed by atoms with Crippen molar-refractivity contribution in [1.29, 1.82) is 0 Å². The molecule has 2 fully saturated rings. The Morgan fingerprint density at radius 2 is 2.11 bits per heavy atom. The van der Waals surface area contributed by atoms with E-state index in [2.05, 4.69) is 5.32 Å². The van der Waals surface area contributed by atoms with Crippen molar-refractivity contribution in [3.8, 4) is 0 Å². The maximum atomic E-state index is 12.1. The fourth-order valence-corrected chi connectivity index (χ4v) is 3.05. The van der Waals surface area contributed by atoms with Crippen molar-refractivity contribution in [1.82, 2.24) is 15.1 Å². The third-order valence-electron chi connectivity index (χ3n) is 3.92. The Balaban J connectivity index is 1.90. The summed E-state index contributed by atoms with van der Waals surface area (Å²) in [6, 6.07) is -0.0876. The highest BCUT2D eigenvalue weighted by Gasteiger charge is 2.51. The molecule has 0 spiro atoms. The van der Waals surface area contributed by atoms with Gasteiger partial charge in [0.1, 0.15) is 0 Å². The van der Waals surface area contributed by atoms with Crippen molar-refractivity contribution in [2.45, 2.75) is 31.3 Å². The smallest absolute Gasteiger partial charge is 0.317 e. The van der Waals surface area contributed by atoms with E-state index in [1.165, 1.54) is 0 Å². The summed E-state index contributed by atoms with van der Waals surface area (Å²) in [6.45, 7) is 1.39. The zero-order valence-corrected chi connectivity index (χ0v) is 10.9. The van der Waals surface area contributed by atoms with Crippen LogP contribution >= 0.6 is 0 Å². The number of carboxylic acid groups (broad SMARTS) is 1. The SMILES string of the molecule is CN(C)CCNC(=O)N1C2CCC1C(C(=O)O)C2. The van der Waals surface area contributed by atoms with Gasteiger partial charge in [-0.3, -0.25) is 4.79 Å². The van der Waals surface area contributed by atoms with E-state index in [-0.39, 0.29) is 24.0 Å². The second-order valence-electron chi connectivity index (χ2n) is 5.42. The van der Waals surface area contributed by atoms with Crippen LogP contribution in [0.3, 0.4) is 0 Å². The third-order valence-corrected chi connectivity index (χ3v) is 3.92. The van der Waals surface area contributed by atoms with Crippen LogP contribution in [0, 0.1) is 5.92 Å². The Labute approximate surface area is 107 Å². The minimum atomic E-state index is -0.770. The van der Waals surface area contributed by atoms with Crippen LogP contribution in [-0.4, -0.2) is 66.2 Å². The summed E-state index contributed by atoms with van der Waals surface area (Å²) < 4.78 is 0. The van der Waals surface area contributed by atoms with Crippen molar-refractivity contribution < 1.29 is 14.7 Å². The van der Waals surface area contributed by atoms with Crippen LogP contribution < -0.4 is 5.32 Å². The van der Waals surface area contributed by atoms with E-state index >= 15 is 0 Å². The van der Waals surface area contributed by atoms with Crippen LogP contribution in [0.25, 0.3) is 0 Å². The molecule has 2 aliphatic heterocycles. The second-order valence-corrected chi connectivity index (χ2v) is 5.42. The zero-order chi connectivity index (χ0) is 13.3. The molecular formula is C12H21N3O3. The highest BCUT2D eigenvalue weighted by atomic mass is 16.4. The second kappa shape index (κ2) is 5.14. The summed E-state index contributed by atoms with van der Waals surface area (Å²) in [5.74, 6) is -1.14. The predicted octanol–water partition coefficient (Wildman–Crippen LogP) is 0.195. The molecule has 102 valence electrons. The van der Waals surface area contributed by atoms with Gasteiger partial charge in [0.15, 0.2) is 0 Å². The largest absolute Gasteiger partial charge is 0.481 e. The molecule has 0 aliphatic carbocycles. The van der Waals surface area contributed by atoms with E-state index in [1.807, 2.05) is 19.0 Å². The quantitative estimate of drug-likeness (QED) is 0.752. The fourth-order valence-electron chi connectivity index (χ4n) is 3.05. The molecule has 0 aromatic carbocycles. The molecule has 2 amide bonds. The lowest BCUT2D eigenvalue weighted by molar-refractivity contribution is -0.142. The molecule has 2 saturated heterocycles. The van der Waals surface area contributed by atoms with Crippen LogP contribution in [0.2, 0.25) is 0 Å². The van der Waals surface area contributed by atoms with Crippen LogP contribution in [-0.2, 0) is 4.79 Å². The summed E-state index contributed by atoms with van der Waals surface area (Å²) in [5.41, 5.74) is 0. The lowest BCUT2D eigenvalue weighted by Crippen LogP contribution is -2.45. The number of rotatable bonds is 4. The van der Waals surface area contributed by atoms with E-state index in [0.29, 0.717) is 13.0 Å². The maximum absolute atomic E-state index is 12.1. The van der Waals surface area contributed by atoms with Crippen molar-refractivity contribution >= 4 is 12.0 Å². The monoisotopic (exact) mass is 255 g/mol. The predicted molar refractivity (Wildman–Crippen MR) is 66.3 cm³/mol. The molecule has 0 radical (unpaired) electrons. The first-order valence-electron chi connectivity index (χ1n) is 6.44. The number of urea groups is 1. The van der Waals surface area contributed by atoms with Gasteiger partial charge in [-0.1, -0.05) is 0 Å². The summed E-state index contributed by atoms with van der Waals surface area (Å²) >= 11 is 0. The van der Waals surface area contributed by atoms with E-state index in [1.54, 1.807) is 4.90 Å². The minimum Gasteiger partial charge on any atom is -0.481 e. The Kier molecular flexibility index (Phi) is 3.75. The van der Waals surface area contributed by atoms with Crippen LogP contribution in [0.1, 0.15) is 19.3 Å². The van der Waals surface area contributed by atoms with Crippen molar-refractivity contribution in [2.75, 3.05) is 27.2 Å². The maximum Gasteiger partial charge on any atom is 0.317 e. The number of nitrogens with one attached hydrogen (secondary N) is 1. The lowest BCUT2D eigenvalue weighted by Gasteiger charge is -2.23. The summed E-state index contributed by atoms with van der Waals surface area (Å²) in [7, 11) is 3.90. The highest BCUT2D eigenvalue weighted by molar-refractivity contribution is 5.79. The Bertz CT molecular complexity index is 345. The molecule has 0 saturated carbocycles. The van der Waals surface area contributed by atoms with Gasteiger partial charge in [-0.05, 0) is 33.4 Å². The number of hydrogen-bond acceptors (Lipinski definition) is 3. The number of carbonyl (C=O) groups is 2. The first-order valence-corrected chi connectivity index (χ1v) is 6.44. The molecule has 2 rings (SSSR count). The minimum absolute atomic E-state index is 0.104. The van der Waals surface area contributed by atoms with Gasteiger partial charge in [-0.25, -0.2) is 4.79 Å². The highest BCUT2D eigenvalue weighted by Crippen LogP contribution is 2.41. The number of carboxylic acids is 1. The number of amides is 2. The van der Waals surface area contributed by atoms with Gasteiger partial charge in [-0.15, -0.1) is 0 Å². The summed E-state index contributed by atoms with van der Waals surface area (Å²) in [4.78, 5) is 26.9. The molecule has 2 N–H and O–H groups in total. The number of fused-ring (bicyclic) bond motifs is 2. The van der Waals surface area contributed by atoms with Gasteiger partial charge >= 0.3 is 12.0 Å². The Hall–Kier alpha value is -1.30. The van der Waals surface area contributed by atoms with Gasteiger partial charge in [0.25, 0.3) is 0 Å². The number of nitrogens with zero attached hydrogens (tertiary/aromatic N) is 2.